The van der Waals surface area contributed by atoms with Gasteiger partial charge in [0.2, 0.25) is 0 Å². The molecule has 0 radical (unpaired) electrons. The highest BCUT2D eigenvalue weighted by molar-refractivity contribution is 5.56. The largest absolute Gasteiger partial charge is 0.303 e. The lowest BCUT2D eigenvalue weighted by Gasteiger charge is -2.16. The van der Waals surface area contributed by atoms with Gasteiger partial charge in [-0.05, 0) is 31.6 Å². The van der Waals surface area contributed by atoms with Gasteiger partial charge >= 0.3 is 0 Å². The molecule has 1 heteroatoms. The third kappa shape index (κ3) is 1.52. The predicted octanol–water partition coefficient (Wildman–Crippen LogP) is 2.42. The highest BCUT2D eigenvalue weighted by Gasteiger charge is 2.32. The van der Waals surface area contributed by atoms with Crippen molar-refractivity contribution in [1.29, 1.82) is 0 Å². The second kappa shape index (κ2) is 3.21. The van der Waals surface area contributed by atoms with E-state index in [-0.39, 0.29) is 5.92 Å². The third-order valence-electron chi connectivity index (χ3n) is 2.84. The number of aldehydes is 1. The Morgan fingerprint density at radius 2 is 2.18 bits per heavy atom. The fraction of sp³-hybridized carbons (Fsp3) is 0.700. The van der Waals surface area contributed by atoms with Gasteiger partial charge in [0.1, 0.15) is 6.29 Å². The summed E-state index contributed by atoms with van der Waals surface area (Å²) in [5.41, 5.74) is 1.17. The number of carbonyl (C=O) groups is 1. The summed E-state index contributed by atoms with van der Waals surface area (Å²) in [6.07, 6.45) is 3.44. The van der Waals surface area contributed by atoms with Gasteiger partial charge in [-0.25, -0.2) is 0 Å². The molecule has 0 amide bonds. The maximum Gasteiger partial charge on any atom is 0.123 e. The molecule has 11 heavy (non-hydrogen) atoms. The highest BCUT2D eigenvalue weighted by Crippen LogP contribution is 2.38. The van der Waals surface area contributed by atoms with Gasteiger partial charge in [-0.15, -0.1) is 0 Å². The number of hydrogen-bond donors (Lipinski definition) is 0. The Morgan fingerprint density at radius 3 is 2.55 bits per heavy atom. The van der Waals surface area contributed by atoms with Gasteiger partial charge in [0.25, 0.3) is 0 Å². The molecule has 0 spiro atoms. The Bertz CT molecular complexity index is 172. The minimum absolute atomic E-state index is 0.243. The van der Waals surface area contributed by atoms with Gasteiger partial charge in [0, 0.05) is 5.92 Å². The van der Waals surface area contributed by atoms with Gasteiger partial charge in [0.05, 0.1) is 0 Å². The SMILES string of the molecule is C=C(C)[C@H]1CC[C@H](C)[C@H]1C=O. The molecule has 0 N–H and O–H groups in total. The summed E-state index contributed by atoms with van der Waals surface area (Å²) in [4.78, 5) is 10.7. The van der Waals surface area contributed by atoms with E-state index in [1.54, 1.807) is 0 Å². The van der Waals surface area contributed by atoms with E-state index in [9.17, 15) is 4.79 Å². The molecule has 1 fully saturated rings. The van der Waals surface area contributed by atoms with Crippen molar-refractivity contribution in [2.45, 2.75) is 26.7 Å². The van der Waals surface area contributed by atoms with E-state index in [0.29, 0.717) is 11.8 Å². The molecule has 1 nitrogen and oxygen atoms in total. The molecular weight excluding hydrogens is 136 g/mol. The zero-order valence-corrected chi connectivity index (χ0v) is 7.34. The molecule has 1 saturated carbocycles. The Hall–Kier alpha value is -0.590. The molecule has 1 aliphatic rings. The first-order valence-electron chi connectivity index (χ1n) is 4.27. The Kier molecular flexibility index (Phi) is 2.48. The van der Waals surface area contributed by atoms with Crippen molar-refractivity contribution < 1.29 is 4.79 Å². The van der Waals surface area contributed by atoms with Crippen molar-refractivity contribution in [3.05, 3.63) is 12.2 Å². The van der Waals surface area contributed by atoms with E-state index < -0.39 is 0 Å². The van der Waals surface area contributed by atoms with E-state index in [2.05, 4.69) is 13.5 Å². The summed E-state index contributed by atoms with van der Waals surface area (Å²) >= 11 is 0. The molecule has 1 aliphatic carbocycles. The lowest BCUT2D eigenvalue weighted by molar-refractivity contribution is -0.112. The van der Waals surface area contributed by atoms with E-state index in [1.807, 2.05) is 6.92 Å². The van der Waals surface area contributed by atoms with Crippen molar-refractivity contribution >= 4 is 6.29 Å². The van der Waals surface area contributed by atoms with E-state index >= 15 is 0 Å². The van der Waals surface area contributed by atoms with Crippen LogP contribution in [-0.2, 0) is 4.79 Å². The minimum atomic E-state index is 0.243. The quantitative estimate of drug-likeness (QED) is 0.438. The predicted molar refractivity (Wildman–Crippen MR) is 46.3 cm³/mol. The van der Waals surface area contributed by atoms with Gasteiger partial charge < -0.3 is 4.79 Å². The molecule has 0 unspecified atom stereocenters. The molecule has 0 aliphatic heterocycles. The molecule has 0 bridgehead atoms. The summed E-state index contributed by atoms with van der Waals surface area (Å²) in [6.45, 7) is 8.09. The Morgan fingerprint density at radius 1 is 1.55 bits per heavy atom. The van der Waals surface area contributed by atoms with Crippen LogP contribution in [0.4, 0.5) is 0 Å². The van der Waals surface area contributed by atoms with Crippen LogP contribution < -0.4 is 0 Å². The van der Waals surface area contributed by atoms with E-state index in [0.717, 1.165) is 12.7 Å². The third-order valence-corrected chi connectivity index (χ3v) is 2.84. The first-order chi connectivity index (χ1) is 5.16. The first kappa shape index (κ1) is 8.51. The summed E-state index contributed by atoms with van der Waals surface area (Å²) in [6, 6.07) is 0. The number of allylic oxidation sites excluding steroid dienone is 1. The van der Waals surface area contributed by atoms with Crippen LogP contribution in [0.3, 0.4) is 0 Å². The normalized spacial score (nSPS) is 37.1. The van der Waals surface area contributed by atoms with Gasteiger partial charge in [0.15, 0.2) is 0 Å². The van der Waals surface area contributed by atoms with Crippen LogP contribution in [-0.4, -0.2) is 6.29 Å². The topological polar surface area (TPSA) is 17.1 Å². The fourth-order valence-electron chi connectivity index (χ4n) is 2.03. The zero-order chi connectivity index (χ0) is 8.43. The first-order valence-corrected chi connectivity index (χ1v) is 4.27. The van der Waals surface area contributed by atoms with Crippen LogP contribution in [0.2, 0.25) is 0 Å². The monoisotopic (exact) mass is 152 g/mol. The van der Waals surface area contributed by atoms with Crippen molar-refractivity contribution in [1.82, 2.24) is 0 Å². The van der Waals surface area contributed by atoms with E-state index in [1.165, 1.54) is 12.0 Å². The molecule has 0 saturated heterocycles. The van der Waals surface area contributed by atoms with Crippen LogP contribution >= 0.6 is 0 Å². The smallest absolute Gasteiger partial charge is 0.123 e. The summed E-state index contributed by atoms with van der Waals surface area (Å²) in [5.74, 6) is 1.27. The average Bonchev–Trinajstić information content (AvgIpc) is 2.30. The number of carbonyl (C=O) groups excluding carboxylic acids is 1. The Balaban J connectivity index is 2.68. The number of hydrogen-bond acceptors (Lipinski definition) is 1. The van der Waals surface area contributed by atoms with Crippen LogP contribution in [0.15, 0.2) is 12.2 Å². The van der Waals surface area contributed by atoms with Gasteiger partial charge in [-0.3, -0.25) is 0 Å². The molecule has 0 aromatic carbocycles. The molecule has 62 valence electrons. The van der Waals surface area contributed by atoms with Crippen molar-refractivity contribution in [2.24, 2.45) is 17.8 Å². The maximum atomic E-state index is 10.7. The van der Waals surface area contributed by atoms with Crippen LogP contribution in [0, 0.1) is 17.8 Å². The lowest BCUT2D eigenvalue weighted by atomic mass is 9.88. The van der Waals surface area contributed by atoms with Crippen LogP contribution in [0.25, 0.3) is 0 Å². The van der Waals surface area contributed by atoms with Crippen molar-refractivity contribution in [3.8, 4) is 0 Å². The minimum Gasteiger partial charge on any atom is -0.303 e. The zero-order valence-electron chi connectivity index (χ0n) is 7.34. The lowest BCUT2D eigenvalue weighted by Crippen LogP contribution is -2.14. The standard InChI is InChI=1S/C10H16O/c1-7(2)9-5-4-8(3)10(9)6-11/h6,8-10H,1,4-5H2,2-3H3/t8-,9+,10+/m0/s1. The maximum absolute atomic E-state index is 10.7. The molecule has 3 atom stereocenters. The second-order valence-corrected chi connectivity index (χ2v) is 3.72. The van der Waals surface area contributed by atoms with Crippen molar-refractivity contribution in [2.75, 3.05) is 0 Å². The number of rotatable bonds is 2. The van der Waals surface area contributed by atoms with Crippen LogP contribution in [0.5, 0.6) is 0 Å². The molecule has 0 aromatic rings. The average molecular weight is 152 g/mol. The van der Waals surface area contributed by atoms with Gasteiger partial charge in [-0.1, -0.05) is 19.1 Å². The Labute approximate surface area is 68.5 Å². The van der Waals surface area contributed by atoms with Crippen LogP contribution in [0.1, 0.15) is 26.7 Å². The van der Waals surface area contributed by atoms with E-state index in [4.69, 9.17) is 0 Å². The molecular formula is C10H16O. The summed E-state index contributed by atoms with van der Waals surface area (Å²) < 4.78 is 0. The van der Waals surface area contributed by atoms with Crippen molar-refractivity contribution in [3.63, 3.8) is 0 Å². The molecule has 0 heterocycles. The molecule has 0 aromatic heterocycles. The highest BCUT2D eigenvalue weighted by atomic mass is 16.1. The summed E-state index contributed by atoms with van der Waals surface area (Å²) in [5, 5.41) is 0. The fourth-order valence-corrected chi connectivity index (χ4v) is 2.03. The molecule has 1 rings (SSSR count). The van der Waals surface area contributed by atoms with Gasteiger partial charge in [-0.2, -0.15) is 0 Å². The summed E-state index contributed by atoms with van der Waals surface area (Å²) in [7, 11) is 0. The second-order valence-electron chi connectivity index (χ2n) is 3.72.